The first-order valence-corrected chi connectivity index (χ1v) is 31.2. The molecule has 82 heavy (non-hydrogen) atoms. The van der Waals surface area contributed by atoms with Crippen LogP contribution in [0.2, 0.25) is 0 Å². The Hall–Kier alpha value is -9.68. The van der Waals surface area contributed by atoms with E-state index in [1.165, 1.54) is 32.3 Å². The van der Waals surface area contributed by atoms with E-state index in [4.69, 9.17) is 0 Å². The van der Waals surface area contributed by atoms with Crippen LogP contribution in [0.3, 0.4) is 0 Å². The monoisotopic (exact) mass is 1080 g/mol. The normalized spacial score (nSPS) is 11.8. The molecule has 0 aliphatic carbocycles. The Morgan fingerprint density at radius 3 is 0.549 bits per heavy atom. The lowest BCUT2D eigenvalue weighted by Gasteiger charge is -2.21. The third kappa shape index (κ3) is 9.23. The number of fused-ring (bicyclic) bond motifs is 6. The summed E-state index contributed by atoms with van der Waals surface area (Å²) >= 11 is 0. The molecule has 0 heterocycles. The third-order valence-electron chi connectivity index (χ3n) is 16.3. The Morgan fingerprint density at radius 1 is 0.146 bits per heavy atom. The van der Waals surface area contributed by atoms with Crippen molar-refractivity contribution in [2.45, 2.75) is 0 Å². The van der Waals surface area contributed by atoms with Gasteiger partial charge in [0.1, 0.15) is 0 Å². The van der Waals surface area contributed by atoms with Gasteiger partial charge in [-0.25, -0.2) is 0 Å². The maximum absolute atomic E-state index is 16.0. The average molecular weight is 1090 g/mol. The molecule has 0 fully saturated rings. The Balaban J connectivity index is 0.798. The predicted octanol–water partition coefficient (Wildman–Crippen LogP) is 18.4. The molecule has 0 saturated carbocycles. The van der Waals surface area contributed by atoms with Crippen LogP contribution in [-0.4, -0.2) is 0 Å². The van der Waals surface area contributed by atoms with Crippen molar-refractivity contribution in [2.75, 3.05) is 0 Å². The fourth-order valence-electron chi connectivity index (χ4n) is 11.9. The van der Waals surface area contributed by atoms with Gasteiger partial charge in [-0.05, 0) is 111 Å². The molecular weight excluding hydrogens is 1030 g/mol. The minimum Gasteiger partial charge on any atom is -0.309 e. The van der Waals surface area contributed by atoms with Crippen molar-refractivity contribution in [1.82, 2.24) is 0 Å². The maximum Gasteiger partial charge on any atom is 0.171 e. The van der Waals surface area contributed by atoms with Crippen LogP contribution in [0.4, 0.5) is 0 Å². The zero-order chi connectivity index (χ0) is 55.0. The van der Waals surface area contributed by atoms with E-state index < -0.39 is 14.3 Å². The van der Waals surface area contributed by atoms with E-state index in [-0.39, 0.29) is 0 Å². The van der Waals surface area contributed by atoms with Gasteiger partial charge >= 0.3 is 0 Å². The van der Waals surface area contributed by atoms with Crippen LogP contribution >= 0.6 is 14.3 Å². The zero-order valence-electron chi connectivity index (χ0n) is 44.9. The summed E-state index contributed by atoms with van der Waals surface area (Å²) in [6.07, 6.45) is 0. The van der Waals surface area contributed by atoms with Crippen molar-refractivity contribution in [3.05, 3.63) is 328 Å². The Labute approximate surface area is 479 Å². The van der Waals surface area contributed by atoms with Crippen molar-refractivity contribution in [2.24, 2.45) is 0 Å². The highest BCUT2D eigenvalue weighted by molar-refractivity contribution is 7.85. The first-order valence-electron chi connectivity index (χ1n) is 27.8. The molecule has 2 nitrogen and oxygen atoms in total. The molecular formula is C78H54O2P2. The molecule has 0 aromatic heterocycles. The Bertz CT molecular complexity index is 4200. The van der Waals surface area contributed by atoms with Crippen LogP contribution in [0.15, 0.2) is 328 Å². The summed E-state index contributed by atoms with van der Waals surface area (Å²) in [6, 6.07) is 113. The topological polar surface area (TPSA) is 34.1 Å². The van der Waals surface area contributed by atoms with Crippen LogP contribution in [-0.2, 0) is 9.13 Å². The fraction of sp³-hybridized carbons (Fsp3) is 0. The highest BCUT2D eigenvalue weighted by Crippen LogP contribution is 2.46. The summed E-state index contributed by atoms with van der Waals surface area (Å²) < 4.78 is 31.9. The molecule has 0 atom stereocenters. The lowest BCUT2D eigenvalue weighted by atomic mass is 9.90. The summed E-state index contributed by atoms with van der Waals surface area (Å²) in [5.74, 6) is 0. The van der Waals surface area contributed by atoms with E-state index in [2.05, 4.69) is 206 Å². The summed E-state index contributed by atoms with van der Waals surface area (Å²) in [7, 11) is -6.61. The third-order valence-corrected chi connectivity index (χ3v) is 22.5. The first kappa shape index (κ1) is 50.5. The molecule has 0 N–H and O–H groups in total. The standard InChI is InChI=1S/C78H54O2P2/c79-81(67-39-25-59(26-40-67)55-15-5-1-6-16-55,68-41-27-60(28-42-68)56-17-7-2-8-18-56)71-47-33-63(34-48-71)65-37-51-75-76-52-38-66(54-78(76)74-24-14-13-23-73(74)77(75)53-65)64-35-49-72(50-36-64)82(80,69-43-29-61(30-44-69)57-19-9-3-10-20-57)70-45-31-62(32-46-70)58-21-11-4-12-22-58/h1-54H. The SMILES string of the molecule is O=P(c1ccc(-c2ccccc2)cc1)(c1ccc(-c2ccccc2)cc1)c1ccc(-c2ccc3c4ccc(-c5ccc(P(=O)(c6ccc(-c7ccccc7)cc6)c6ccc(-c7ccccc7)cc6)cc5)cc4c4ccccc4c3c2)cc1. The number of hydrogen-bond acceptors (Lipinski definition) is 2. The van der Waals surface area contributed by atoms with Crippen molar-refractivity contribution in [3.63, 3.8) is 0 Å². The molecule has 0 radical (unpaired) electrons. The highest BCUT2D eigenvalue weighted by Gasteiger charge is 2.32. The second kappa shape index (κ2) is 21.4. The van der Waals surface area contributed by atoms with Gasteiger partial charge in [-0.3, -0.25) is 0 Å². The number of rotatable bonds is 12. The molecule has 0 bridgehead atoms. The van der Waals surface area contributed by atoms with Crippen LogP contribution in [0.1, 0.15) is 0 Å². The second-order valence-corrected chi connectivity index (χ2v) is 26.6. The van der Waals surface area contributed by atoms with Gasteiger partial charge in [0.05, 0.1) is 0 Å². The first-order chi connectivity index (χ1) is 40.4. The minimum absolute atomic E-state index is 0.788. The van der Waals surface area contributed by atoms with E-state index in [0.717, 1.165) is 98.6 Å². The van der Waals surface area contributed by atoms with Gasteiger partial charge in [-0.1, -0.05) is 315 Å². The van der Waals surface area contributed by atoms with Crippen molar-refractivity contribution < 1.29 is 9.13 Å². The van der Waals surface area contributed by atoms with E-state index in [1.54, 1.807) is 0 Å². The van der Waals surface area contributed by atoms with Gasteiger partial charge in [-0.15, -0.1) is 0 Å². The van der Waals surface area contributed by atoms with Gasteiger partial charge in [0.15, 0.2) is 14.3 Å². The predicted molar refractivity (Wildman–Crippen MR) is 350 cm³/mol. The van der Waals surface area contributed by atoms with Crippen LogP contribution in [0, 0.1) is 0 Å². The minimum atomic E-state index is -3.31. The van der Waals surface area contributed by atoms with E-state index >= 15 is 9.13 Å². The van der Waals surface area contributed by atoms with Gasteiger partial charge < -0.3 is 9.13 Å². The van der Waals surface area contributed by atoms with Crippen LogP contribution in [0.25, 0.3) is 99.1 Å². The van der Waals surface area contributed by atoms with E-state index in [9.17, 15) is 0 Å². The highest BCUT2D eigenvalue weighted by atomic mass is 31.2. The number of benzene rings is 14. The van der Waals surface area contributed by atoms with Gasteiger partial charge in [0.25, 0.3) is 0 Å². The Kier molecular flexibility index (Phi) is 13.2. The summed E-state index contributed by atoms with van der Waals surface area (Å²) in [5, 5.41) is 11.8. The second-order valence-electron chi connectivity index (χ2n) is 21.0. The largest absolute Gasteiger partial charge is 0.309 e. The average Bonchev–Trinajstić information content (AvgIpc) is 3.76. The van der Waals surface area contributed by atoms with E-state index in [0.29, 0.717) is 0 Å². The zero-order valence-corrected chi connectivity index (χ0v) is 46.7. The molecule has 0 unspecified atom stereocenters. The molecule has 0 aliphatic heterocycles. The molecule has 0 saturated heterocycles. The van der Waals surface area contributed by atoms with Crippen molar-refractivity contribution >= 4 is 78.4 Å². The van der Waals surface area contributed by atoms with Crippen molar-refractivity contribution in [3.8, 4) is 66.8 Å². The van der Waals surface area contributed by atoms with E-state index in [1.807, 2.05) is 121 Å². The molecule has 0 amide bonds. The lowest BCUT2D eigenvalue weighted by molar-refractivity contribution is 0.591. The lowest BCUT2D eigenvalue weighted by Crippen LogP contribution is -2.25. The van der Waals surface area contributed by atoms with Crippen LogP contribution in [0.5, 0.6) is 0 Å². The summed E-state index contributed by atoms with van der Waals surface area (Å²) in [4.78, 5) is 0. The van der Waals surface area contributed by atoms with Crippen molar-refractivity contribution in [1.29, 1.82) is 0 Å². The molecule has 14 rings (SSSR count). The molecule has 0 spiro atoms. The molecule has 4 heteroatoms. The van der Waals surface area contributed by atoms with Gasteiger partial charge in [-0.2, -0.15) is 0 Å². The van der Waals surface area contributed by atoms with Crippen LogP contribution < -0.4 is 31.8 Å². The Morgan fingerprint density at radius 2 is 0.317 bits per heavy atom. The fourth-order valence-corrected chi connectivity index (χ4v) is 17.1. The molecule has 388 valence electrons. The van der Waals surface area contributed by atoms with Gasteiger partial charge in [0.2, 0.25) is 0 Å². The smallest absolute Gasteiger partial charge is 0.171 e. The van der Waals surface area contributed by atoms with Gasteiger partial charge in [0, 0.05) is 31.8 Å². The molecule has 14 aromatic rings. The summed E-state index contributed by atoms with van der Waals surface area (Å²) in [5.41, 5.74) is 13.1. The molecule has 14 aromatic carbocycles. The molecule has 0 aliphatic rings. The quantitative estimate of drug-likeness (QED) is 0.0902. The maximum atomic E-state index is 16.0. The number of hydrogen-bond donors (Lipinski definition) is 0. The summed E-state index contributed by atoms with van der Waals surface area (Å²) in [6.45, 7) is 0.